The standard InChI is InChI=1S/C32H31N5O5/c33-16-20-4-6-22(7-5-20)28-19-41-30-24(2-1-3-27(30)42-28)21-10-13-36(14-11-21)18-29-34-25-8-9-26(32(38)39)35-31(25)37(29)17-23-12-15-40-23/h1-9,21,23,28H,10-15,17-19H2,(H,38,39)/t23-,28-/m0/s1. The van der Waals surface area contributed by atoms with Gasteiger partial charge in [-0.2, -0.15) is 5.26 Å². The smallest absolute Gasteiger partial charge is 0.354 e. The Bertz CT molecular complexity index is 1670. The molecule has 4 aromatic rings. The van der Waals surface area contributed by atoms with Crippen LogP contribution in [0.25, 0.3) is 11.2 Å². The zero-order chi connectivity index (χ0) is 28.6. The number of aromatic nitrogens is 3. The third kappa shape index (κ3) is 5.06. The molecule has 0 saturated carbocycles. The summed E-state index contributed by atoms with van der Waals surface area (Å²) in [5.41, 5.74) is 4.12. The van der Waals surface area contributed by atoms with Crippen LogP contribution < -0.4 is 9.47 Å². The molecule has 214 valence electrons. The summed E-state index contributed by atoms with van der Waals surface area (Å²) in [6.07, 6.45) is 2.82. The summed E-state index contributed by atoms with van der Waals surface area (Å²) in [5.74, 6) is 1.79. The maximum absolute atomic E-state index is 11.6. The number of likely N-dealkylation sites (tertiary alicyclic amines) is 1. The molecule has 0 radical (unpaired) electrons. The molecule has 10 nitrogen and oxygen atoms in total. The van der Waals surface area contributed by atoms with E-state index in [1.807, 2.05) is 28.8 Å². The van der Waals surface area contributed by atoms with Crippen molar-refractivity contribution in [2.45, 2.75) is 50.5 Å². The highest BCUT2D eigenvalue weighted by Crippen LogP contribution is 2.44. The molecule has 0 spiro atoms. The minimum Gasteiger partial charge on any atom is -0.485 e. The van der Waals surface area contributed by atoms with Crippen molar-refractivity contribution in [3.05, 3.63) is 82.8 Å². The number of imidazole rings is 1. The van der Waals surface area contributed by atoms with E-state index < -0.39 is 5.97 Å². The molecule has 0 bridgehead atoms. The normalized spacial score (nSPS) is 20.6. The van der Waals surface area contributed by atoms with Crippen LogP contribution in [0.1, 0.15) is 64.3 Å². The molecule has 1 N–H and O–H groups in total. The molecule has 7 rings (SSSR count). The van der Waals surface area contributed by atoms with E-state index in [4.69, 9.17) is 24.5 Å². The highest BCUT2D eigenvalue weighted by molar-refractivity contribution is 5.88. The number of pyridine rings is 1. The Morgan fingerprint density at radius 1 is 1.05 bits per heavy atom. The van der Waals surface area contributed by atoms with Gasteiger partial charge in [0.25, 0.3) is 0 Å². The monoisotopic (exact) mass is 565 g/mol. The Labute approximate surface area is 243 Å². The van der Waals surface area contributed by atoms with Gasteiger partial charge in [-0.05, 0) is 74.2 Å². The van der Waals surface area contributed by atoms with E-state index in [0.717, 1.165) is 61.8 Å². The summed E-state index contributed by atoms with van der Waals surface area (Å²) in [6, 6.07) is 19.0. The van der Waals surface area contributed by atoms with Crippen molar-refractivity contribution in [3.8, 4) is 17.6 Å². The summed E-state index contributed by atoms with van der Waals surface area (Å²) < 4.78 is 20.4. The summed E-state index contributed by atoms with van der Waals surface area (Å²) >= 11 is 0. The first-order valence-corrected chi connectivity index (χ1v) is 14.4. The SMILES string of the molecule is N#Cc1ccc([C@@H]2COc3c(cccc3C3CCN(Cc4nc5ccc(C(=O)O)nc5n4C[C@@H]4CCO4)CC3)O2)cc1. The van der Waals surface area contributed by atoms with Gasteiger partial charge in [0.05, 0.1) is 30.8 Å². The molecule has 0 amide bonds. The number of nitriles is 1. The number of carboxylic acids is 1. The number of carbonyl (C=O) groups is 1. The van der Waals surface area contributed by atoms with Crippen LogP contribution in [0.5, 0.6) is 11.5 Å². The van der Waals surface area contributed by atoms with Crippen molar-refractivity contribution in [1.82, 2.24) is 19.4 Å². The molecule has 10 heteroatoms. The Morgan fingerprint density at radius 3 is 2.57 bits per heavy atom. The average molecular weight is 566 g/mol. The number of hydrogen-bond acceptors (Lipinski definition) is 8. The lowest BCUT2D eigenvalue weighted by Gasteiger charge is -2.35. The number of aromatic carboxylic acids is 1. The van der Waals surface area contributed by atoms with Crippen molar-refractivity contribution >= 4 is 17.1 Å². The number of benzene rings is 2. The zero-order valence-electron chi connectivity index (χ0n) is 23.1. The minimum atomic E-state index is -1.05. The molecular formula is C32H31N5O5. The van der Waals surface area contributed by atoms with E-state index >= 15 is 0 Å². The van der Waals surface area contributed by atoms with Crippen LogP contribution in [0.15, 0.2) is 54.6 Å². The number of para-hydroxylation sites is 1. The average Bonchev–Trinajstić information content (AvgIpc) is 3.34. The molecule has 2 fully saturated rings. The van der Waals surface area contributed by atoms with E-state index in [1.54, 1.807) is 18.2 Å². The Hall–Kier alpha value is -4.46. The number of rotatable bonds is 7. The van der Waals surface area contributed by atoms with Gasteiger partial charge in [0.2, 0.25) is 0 Å². The van der Waals surface area contributed by atoms with Crippen molar-refractivity contribution in [1.29, 1.82) is 5.26 Å². The quantitative estimate of drug-likeness (QED) is 0.340. The largest absolute Gasteiger partial charge is 0.485 e. The van der Waals surface area contributed by atoms with Crippen LogP contribution in [0.3, 0.4) is 0 Å². The second kappa shape index (κ2) is 11.1. The molecule has 3 aliphatic rings. The molecule has 2 saturated heterocycles. The first kappa shape index (κ1) is 26.4. The van der Waals surface area contributed by atoms with Crippen molar-refractivity contribution in [3.63, 3.8) is 0 Å². The lowest BCUT2D eigenvalue weighted by atomic mass is 9.88. The predicted molar refractivity (Wildman–Crippen MR) is 153 cm³/mol. The third-order valence-electron chi connectivity index (χ3n) is 8.53. The van der Waals surface area contributed by atoms with Crippen LogP contribution in [-0.4, -0.2) is 62.9 Å². The molecule has 42 heavy (non-hydrogen) atoms. The molecule has 0 aliphatic carbocycles. The number of nitrogens with zero attached hydrogens (tertiary/aromatic N) is 5. The Balaban J connectivity index is 1.04. The van der Waals surface area contributed by atoms with Gasteiger partial charge in [-0.25, -0.2) is 14.8 Å². The highest BCUT2D eigenvalue weighted by atomic mass is 16.6. The fourth-order valence-electron chi connectivity index (χ4n) is 6.10. The Kier molecular flexibility index (Phi) is 6.98. The second-order valence-corrected chi connectivity index (χ2v) is 11.1. The fourth-order valence-corrected chi connectivity index (χ4v) is 6.10. The van der Waals surface area contributed by atoms with E-state index in [-0.39, 0.29) is 17.9 Å². The molecule has 0 unspecified atom stereocenters. The summed E-state index contributed by atoms with van der Waals surface area (Å²) in [4.78, 5) is 23.2. The van der Waals surface area contributed by atoms with Crippen LogP contribution in [-0.2, 0) is 17.8 Å². The summed E-state index contributed by atoms with van der Waals surface area (Å²) in [5, 5.41) is 18.6. The number of ether oxygens (including phenoxy) is 3. The molecule has 2 aromatic heterocycles. The second-order valence-electron chi connectivity index (χ2n) is 11.1. The number of piperidine rings is 1. The first-order valence-electron chi connectivity index (χ1n) is 14.4. The van der Waals surface area contributed by atoms with E-state index in [1.165, 1.54) is 11.6 Å². The lowest BCUT2D eigenvalue weighted by Crippen LogP contribution is -2.35. The molecule has 2 atom stereocenters. The van der Waals surface area contributed by atoms with Crippen LogP contribution in [0, 0.1) is 11.3 Å². The summed E-state index contributed by atoms with van der Waals surface area (Å²) in [6.45, 7) is 4.27. The predicted octanol–water partition coefficient (Wildman–Crippen LogP) is 4.68. The lowest BCUT2D eigenvalue weighted by molar-refractivity contribution is -0.0593. The number of fused-ring (bicyclic) bond motifs is 2. The van der Waals surface area contributed by atoms with Gasteiger partial charge >= 0.3 is 5.97 Å². The van der Waals surface area contributed by atoms with E-state index in [0.29, 0.717) is 42.3 Å². The molecular weight excluding hydrogens is 534 g/mol. The van der Waals surface area contributed by atoms with Gasteiger partial charge < -0.3 is 23.9 Å². The highest BCUT2D eigenvalue weighted by Gasteiger charge is 2.30. The first-order chi connectivity index (χ1) is 20.6. The number of carboxylic acid groups (broad SMARTS) is 1. The van der Waals surface area contributed by atoms with Gasteiger partial charge in [0.15, 0.2) is 28.9 Å². The van der Waals surface area contributed by atoms with Gasteiger partial charge in [0, 0.05) is 12.2 Å². The Morgan fingerprint density at radius 2 is 1.86 bits per heavy atom. The van der Waals surface area contributed by atoms with Gasteiger partial charge in [-0.15, -0.1) is 0 Å². The summed E-state index contributed by atoms with van der Waals surface area (Å²) in [7, 11) is 0. The molecule has 5 heterocycles. The van der Waals surface area contributed by atoms with Gasteiger partial charge in [-0.3, -0.25) is 4.90 Å². The van der Waals surface area contributed by atoms with Crippen LogP contribution in [0.4, 0.5) is 0 Å². The van der Waals surface area contributed by atoms with Crippen molar-refractivity contribution in [2.75, 3.05) is 26.3 Å². The minimum absolute atomic E-state index is 0.0196. The maximum Gasteiger partial charge on any atom is 0.354 e. The maximum atomic E-state index is 11.6. The van der Waals surface area contributed by atoms with Gasteiger partial charge in [0.1, 0.15) is 17.9 Å². The van der Waals surface area contributed by atoms with Crippen molar-refractivity contribution < 1.29 is 24.1 Å². The van der Waals surface area contributed by atoms with E-state index in [9.17, 15) is 9.90 Å². The molecule has 3 aliphatic heterocycles. The fraction of sp³-hybridized carbons (Fsp3) is 0.375. The van der Waals surface area contributed by atoms with Gasteiger partial charge in [-0.1, -0.05) is 24.3 Å². The van der Waals surface area contributed by atoms with Crippen LogP contribution >= 0.6 is 0 Å². The van der Waals surface area contributed by atoms with E-state index in [2.05, 4.69) is 22.0 Å². The molecule has 2 aromatic carbocycles. The number of hydrogen-bond donors (Lipinski definition) is 1. The third-order valence-corrected chi connectivity index (χ3v) is 8.53. The van der Waals surface area contributed by atoms with Crippen LogP contribution in [0.2, 0.25) is 0 Å². The zero-order valence-corrected chi connectivity index (χ0v) is 23.1. The van der Waals surface area contributed by atoms with Crippen molar-refractivity contribution in [2.24, 2.45) is 0 Å². The topological polar surface area (TPSA) is 123 Å².